The van der Waals surface area contributed by atoms with Crippen LogP contribution in [-0.4, -0.2) is 35.7 Å². The first kappa shape index (κ1) is 21.2. The monoisotopic (exact) mass is 424 g/mol. The molecule has 0 radical (unpaired) electrons. The van der Waals surface area contributed by atoms with Gasteiger partial charge in [-0.1, -0.05) is 42.5 Å². The summed E-state index contributed by atoms with van der Waals surface area (Å²) in [6.45, 7) is -0.623. The third-order valence-electron chi connectivity index (χ3n) is 4.21. The summed E-state index contributed by atoms with van der Waals surface area (Å²) in [5, 5.41) is 28.1. The number of methoxy groups -OCH3 is 1. The maximum absolute atomic E-state index is 12.1. The second-order valence-electron chi connectivity index (χ2n) is 6.16. The van der Waals surface area contributed by atoms with Crippen molar-refractivity contribution in [3.05, 3.63) is 80.4 Å². The van der Waals surface area contributed by atoms with Crippen molar-refractivity contribution in [2.45, 2.75) is 0 Å². The fourth-order valence-electron chi connectivity index (χ4n) is 2.82. The van der Waals surface area contributed by atoms with Crippen LogP contribution >= 0.6 is 0 Å². The molecule has 3 aromatic rings. The molecule has 0 saturated carbocycles. The molecule has 31 heavy (non-hydrogen) atoms. The molecule has 11 nitrogen and oxygen atoms in total. The normalized spacial score (nSPS) is 10.7. The second-order valence-corrected chi connectivity index (χ2v) is 6.16. The molecule has 1 amide bonds. The standard InChI is InChI=1S/C20H16N4O7/c1-30-18-10-15(23(26)27)9-17(24(28)29)20(18)31-12-19(25)22-21-11-14-7-4-6-13-5-2-3-8-16(13)14/h2-11H,12H2,1H3,(H,22,25)/b21-11+. The second kappa shape index (κ2) is 9.31. The van der Waals surface area contributed by atoms with Crippen LogP contribution in [0, 0.1) is 20.2 Å². The van der Waals surface area contributed by atoms with Crippen LogP contribution in [0.1, 0.15) is 5.56 Å². The number of carbonyl (C=O) groups is 1. The number of amides is 1. The Morgan fingerprint density at radius 2 is 1.84 bits per heavy atom. The predicted octanol–water partition coefficient (Wildman–Crippen LogP) is 3.19. The van der Waals surface area contributed by atoms with Gasteiger partial charge in [-0.15, -0.1) is 0 Å². The summed E-state index contributed by atoms with van der Waals surface area (Å²) >= 11 is 0. The lowest BCUT2D eigenvalue weighted by atomic mass is 10.1. The topological polar surface area (TPSA) is 146 Å². The van der Waals surface area contributed by atoms with Crippen LogP contribution in [0.2, 0.25) is 0 Å². The molecule has 0 fully saturated rings. The minimum absolute atomic E-state index is 0.243. The van der Waals surface area contributed by atoms with Gasteiger partial charge in [0.2, 0.25) is 5.75 Å². The molecule has 158 valence electrons. The number of fused-ring (bicyclic) bond motifs is 1. The largest absolute Gasteiger partial charge is 0.492 e. The number of non-ortho nitro benzene ring substituents is 1. The first-order valence-electron chi connectivity index (χ1n) is 8.84. The van der Waals surface area contributed by atoms with Crippen molar-refractivity contribution in [1.82, 2.24) is 5.43 Å². The van der Waals surface area contributed by atoms with Crippen molar-refractivity contribution in [3.63, 3.8) is 0 Å². The molecule has 0 saturated heterocycles. The highest BCUT2D eigenvalue weighted by atomic mass is 16.6. The van der Waals surface area contributed by atoms with Crippen molar-refractivity contribution in [1.29, 1.82) is 0 Å². The minimum Gasteiger partial charge on any atom is -0.492 e. The van der Waals surface area contributed by atoms with Crippen LogP contribution in [0.15, 0.2) is 59.7 Å². The number of rotatable bonds is 8. The summed E-state index contributed by atoms with van der Waals surface area (Å²) in [7, 11) is 1.17. The van der Waals surface area contributed by atoms with Crippen LogP contribution in [0.25, 0.3) is 10.8 Å². The third kappa shape index (κ3) is 4.90. The highest BCUT2D eigenvalue weighted by Gasteiger charge is 2.27. The van der Waals surface area contributed by atoms with E-state index in [1.54, 1.807) is 0 Å². The summed E-state index contributed by atoms with van der Waals surface area (Å²) in [6.07, 6.45) is 1.47. The van der Waals surface area contributed by atoms with Gasteiger partial charge in [0.25, 0.3) is 11.6 Å². The average Bonchev–Trinajstić information content (AvgIpc) is 2.77. The Morgan fingerprint density at radius 3 is 2.55 bits per heavy atom. The van der Waals surface area contributed by atoms with Crippen molar-refractivity contribution in [2.24, 2.45) is 5.10 Å². The Bertz CT molecular complexity index is 1190. The number of nitro groups is 2. The number of nitrogens with zero attached hydrogens (tertiary/aromatic N) is 3. The van der Waals surface area contributed by atoms with Crippen LogP contribution in [0.4, 0.5) is 11.4 Å². The summed E-state index contributed by atoms with van der Waals surface area (Å²) in [5.74, 6) is -1.33. The summed E-state index contributed by atoms with van der Waals surface area (Å²) < 4.78 is 10.2. The van der Waals surface area contributed by atoms with E-state index in [-0.39, 0.29) is 5.75 Å². The molecule has 3 rings (SSSR count). The molecule has 0 aliphatic rings. The number of carbonyl (C=O) groups excluding carboxylic acids is 1. The van der Waals surface area contributed by atoms with E-state index in [4.69, 9.17) is 9.47 Å². The smallest absolute Gasteiger partial charge is 0.321 e. The van der Waals surface area contributed by atoms with E-state index in [0.29, 0.717) is 0 Å². The van der Waals surface area contributed by atoms with Gasteiger partial charge in [0, 0.05) is 5.56 Å². The molecule has 1 N–H and O–H groups in total. The first-order chi connectivity index (χ1) is 14.9. The van der Waals surface area contributed by atoms with E-state index in [1.165, 1.54) is 13.3 Å². The van der Waals surface area contributed by atoms with Gasteiger partial charge in [0.15, 0.2) is 12.4 Å². The zero-order valence-corrected chi connectivity index (χ0v) is 16.2. The summed E-state index contributed by atoms with van der Waals surface area (Å²) in [5.41, 5.74) is 1.81. The van der Waals surface area contributed by atoms with Gasteiger partial charge in [-0.05, 0) is 10.8 Å². The number of benzene rings is 3. The Balaban J connectivity index is 1.71. The molecule has 3 aromatic carbocycles. The first-order valence-corrected chi connectivity index (χ1v) is 8.84. The zero-order chi connectivity index (χ0) is 22.4. The van der Waals surface area contributed by atoms with Gasteiger partial charge in [-0.25, -0.2) is 5.43 Å². The summed E-state index contributed by atoms with van der Waals surface area (Å²) in [6, 6.07) is 15.0. The number of nitrogens with one attached hydrogen (secondary N) is 1. The molecule has 0 aromatic heterocycles. The van der Waals surface area contributed by atoms with Crippen molar-refractivity contribution in [2.75, 3.05) is 13.7 Å². The lowest BCUT2D eigenvalue weighted by Crippen LogP contribution is -2.25. The summed E-state index contributed by atoms with van der Waals surface area (Å²) in [4.78, 5) is 32.6. The molecule has 0 atom stereocenters. The number of hydrogen-bond donors (Lipinski definition) is 1. The number of ether oxygens (including phenoxy) is 2. The van der Waals surface area contributed by atoms with Crippen LogP contribution in [0.5, 0.6) is 11.5 Å². The fraction of sp³-hybridized carbons (Fsp3) is 0.100. The van der Waals surface area contributed by atoms with E-state index in [1.807, 2.05) is 42.5 Å². The molecular weight excluding hydrogens is 408 g/mol. The van der Waals surface area contributed by atoms with Gasteiger partial charge < -0.3 is 9.47 Å². The fourth-order valence-corrected chi connectivity index (χ4v) is 2.82. The van der Waals surface area contributed by atoms with Gasteiger partial charge in [-0.3, -0.25) is 25.0 Å². The SMILES string of the molecule is COc1cc([N+](=O)[O-])cc([N+](=O)[O-])c1OCC(=O)N/N=C/c1cccc2ccccc12. The van der Waals surface area contributed by atoms with E-state index in [0.717, 1.165) is 28.5 Å². The quantitative estimate of drug-likeness (QED) is 0.332. The van der Waals surface area contributed by atoms with Gasteiger partial charge in [0.05, 0.1) is 35.3 Å². The molecule has 11 heteroatoms. The molecule has 0 aliphatic heterocycles. The average molecular weight is 424 g/mol. The maximum Gasteiger partial charge on any atom is 0.321 e. The third-order valence-corrected chi connectivity index (χ3v) is 4.21. The Kier molecular flexibility index (Phi) is 6.36. The van der Waals surface area contributed by atoms with E-state index >= 15 is 0 Å². The lowest BCUT2D eigenvalue weighted by Gasteiger charge is -2.10. The van der Waals surface area contributed by atoms with Crippen molar-refractivity contribution < 1.29 is 24.1 Å². The zero-order valence-electron chi connectivity index (χ0n) is 16.2. The van der Waals surface area contributed by atoms with Gasteiger partial charge >= 0.3 is 5.69 Å². The Morgan fingerprint density at radius 1 is 1.10 bits per heavy atom. The highest BCUT2D eigenvalue weighted by Crippen LogP contribution is 2.40. The number of hydrazone groups is 1. The van der Waals surface area contributed by atoms with E-state index in [9.17, 15) is 25.0 Å². The highest BCUT2D eigenvalue weighted by molar-refractivity contribution is 5.99. The Hall–Kier alpha value is -4.54. The Labute approximate surface area is 175 Å². The molecule has 0 spiro atoms. The maximum atomic E-state index is 12.1. The molecular formula is C20H16N4O7. The molecule has 0 bridgehead atoms. The van der Waals surface area contributed by atoms with E-state index in [2.05, 4.69) is 10.5 Å². The minimum atomic E-state index is -0.860. The van der Waals surface area contributed by atoms with Gasteiger partial charge in [0.1, 0.15) is 0 Å². The number of hydrogen-bond acceptors (Lipinski definition) is 8. The predicted molar refractivity (Wildman–Crippen MR) is 111 cm³/mol. The van der Waals surface area contributed by atoms with Crippen molar-refractivity contribution >= 4 is 34.3 Å². The molecule has 0 heterocycles. The number of nitro benzene ring substituents is 2. The van der Waals surface area contributed by atoms with Crippen LogP contribution < -0.4 is 14.9 Å². The van der Waals surface area contributed by atoms with Crippen molar-refractivity contribution in [3.8, 4) is 11.5 Å². The lowest BCUT2D eigenvalue weighted by molar-refractivity contribution is -0.394. The van der Waals surface area contributed by atoms with E-state index < -0.39 is 39.5 Å². The van der Waals surface area contributed by atoms with Crippen LogP contribution in [-0.2, 0) is 4.79 Å². The molecule has 0 unspecified atom stereocenters. The van der Waals surface area contributed by atoms with Gasteiger partial charge in [-0.2, -0.15) is 5.10 Å². The van der Waals surface area contributed by atoms with Crippen LogP contribution in [0.3, 0.4) is 0 Å². The molecule has 0 aliphatic carbocycles.